The van der Waals surface area contributed by atoms with Gasteiger partial charge in [-0.05, 0) is 111 Å². The van der Waals surface area contributed by atoms with E-state index in [0.717, 1.165) is 44.9 Å². The number of aliphatic hydroxyl groups excluding tert-OH is 8. The highest BCUT2D eigenvalue weighted by Crippen LogP contribution is 2.76. The molecular formula is C46H74O16. The predicted octanol–water partition coefficient (Wildman–Crippen LogP) is 1.98. The fourth-order valence-electron chi connectivity index (χ4n) is 14.5. The van der Waals surface area contributed by atoms with Gasteiger partial charge in [0.1, 0.15) is 54.9 Å². The summed E-state index contributed by atoms with van der Waals surface area (Å²) in [4.78, 5) is 13.1. The van der Waals surface area contributed by atoms with E-state index in [0.29, 0.717) is 19.3 Å². The van der Waals surface area contributed by atoms with Crippen LogP contribution in [0.1, 0.15) is 113 Å². The van der Waals surface area contributed by atoms with Gasteiger partial charge in [0.15, 0.2) is 18.9 Å². The second-order valence-corrected chi connectivity index (χ2v) is 22.4. The van der Waals surface area contributed by atoms with Crippen molar-refractivity contribution >= 4 is 5.97 Å². The van der Waals surface area contributed by atoms with Crippen molar-refractivity contribution in [1.29, 1.82) is 0 Å². The maximum absolute atomic E-state index is 13.1. The van der Waals surface area contributed by atoms with E-state index >= 15 is 0 Å². The summed E-state index contributed by atoms with van der Waals surface area (Å²) in [5.74, 6) is -0.342. The highest BCUT2D eigenvalue weighted by atomic mass is 16.8. The zero-order valence-electron chi connectivity index (χ0n) is 37.5. The number of rotatable bonds is 8. The van der Waals surface area contributed by atoms with E-state index in [-0.39, 0.29) is 59.2 Å². The topological polar surface area (TPSA) is 255 Å². The fourth-order valence-corrected chi connectivity index (χ4v) is 14.5. The van der Waals surface area contributed by atoms with E-state index < -0.39 is 103 Å². The molecule has 0 amide bonds. The summed E-state index contributed by atoms with van der Waals surface area (Å²) < 4.78 is 36.0. The van der Waals surface area contributed by atoms with Gasteiger partial charge in [-0.1, -0.05) is 53.2 Å². The van der Waals surface area contributed by atoms with Gasteiger partial charge in [-0.25, -0.2) is 0 Å². The van der Waals surface area contributed by atoms with E-state index in [1.807, 2.05) is 0 Å². The molecule has 7 fully saturated rings. The van der Waals surface area contributed by atoms with Crippen LogP contribution in [0.25, 0.3) is 0 Å². The Balaban J connectivity index is 1.02. The summed E-state index contributed by atoms with van der Waals surface area (Å²) >= 11 is 0. The number of fused-ring (bicyclic) bond motifs is 7. The second kappa shape index (κ2) is 16.5. The first-order valence-electron chi connectivity index (χ1n) is 23.1. The van der Waals surface area contributed by atoms with Gasteiger partial charge in [-0.2, -0.15) is 0 Å². The first kappa shape index (κ1) is 47.2. The van der Waals surface area contributed by atoms with Crippen LogP contribution in [0, 0.1) is 50.2 Å². The molecular weight excluding hydrogens is 808 g/mol. The van der Waals surface area contributed by atoms with Crippen LogP contribution in [0.2, 0.25) is 0 Å². The Morgan fingerprint density at radius 3 is 2.03 bits per heavy atom. The molecule has 22 atom stereocenters. The van der Waals surface area contributed by atoms with Gasteiger partial charge in [0, 0.05) is 5.41 Å². The number of aliphatic hydroxyl groups is 8. The van der Waals surface area contributed by atoms with Gasteiger partial charge in [-0.3, -0.25) is 4.79 Å². The van der Waals surface area contributed by atoms with Crippen LogP contribution in [-0.2, 0) is 33.2 Å². The largest absolute Gasteiger partial charge is 0.481 e. The van der Waals surface area contributed by atoms with Gasteiger partial charge in [0.05, 0.1) is 37.4 Å². The maximum atomic E-state index is 13.1. The van der Waals surface area contributed by atoms with Crippen LogP contribution < -0.4 is 0 Å². The predicted molar refractivity (Wildman–Crippen MR) is 219 cm³/mol. The third-order valence-corrected chi connectivity index (χ3v) is 18.7. The lowest BCUT2D eigenvalue weighted by atomic mass is 9.33. The summed E-state index contributed by atoms with van der Waals surface area (Å²) in [6.45, 7) is 14.5. The zero-order valence-corrected chi connectivity index (χ0v) is 37.5. The van der Waals surface area contributed by atoms with Crippen LogP contribution in [0.3, 0.4) is 0 Å². The first-order chi connectivity index (χ1) is 29.0. The van der Waals surface area contributed by atoms with Crippen molar-refractivity contribution in [3.8, 4) is 0 Å². The van der Waals surface area contributed by atoms with Crippen molar-refractivity contribution in [2.24, 2.45) is 50.2 Å². The molecule has 16 heteroatoms. The Labute approximate surface area is 364 Å². The lowest BCUT2D eigenvalue weighted by Gasteiger charge is -2.71. The molecule has 0 aromatic rings. The monoisotopic (exact) mass is 882 g/mol. The van der Waals surface area contributed by atoms with Gasteiger partial charge in [-0.15, -0.1) is 0 Å². The third kappa shape index (κ3) is 7.19. The number of ether oxygens (including phenoxy) is 6. The average molecular weight is 883 g/mol. The molecule has 3 aliphatic heterocycles. The van der Waals surface area contributed by atoms with Gasteiger partial charge in [0.2, 0.25) is 0 Å². The number of carboxylic acids is 1. The average Bonchev–Trinajstić information content (AvgIpc) is 3.21. The summed E-state index contributed by atoms with van der Waals surface area (Å²) in [5.41, 5.74) is -0.519. The third-order valence-electron chi connectivity index (χ3n) is 18.7. The fraction of sp³-hybridized carbons (Fsp3) is 0.935. The van der Waals surface area contributed by atoms with E-state index in [1.165, 1.54) is 12.5 Å². The summed E-state index contributed by atoms with van der Waals surface area (Å²) in [7, 11) is 0. The van der Waals surface area contributed by atoms with Crippen molar-refractivity contribution in [2.45, 2.75) is 199 Å². The van der Waals surface area contributed by atoms with Crippen LogP contribution in [0.5, 0.6) is 0 Å². The molecule has 0 radical (unpaired) electrons. The van der Waals surface area contributed by atoms with Crippen LogP contribution in [-0.4, -0.2) is 158 Å². The molecule has 3 saturated heterocycles. The van der Waals surface area contributed by atoms with Gasteiger partial charge < -0.3 is 74.4 Å². The minimum Gasteiger partial charge on any atom is -0.481 e. The minimum absolute atomic E-state index is 0.00631. The molecule has 0 bridgehead atoms. The second-order valence-electron chi connectivity index (χ2n) is 22.4. The molecule has 9 N–H and O–H groups in total. The summed E-state index contributed by atoms with van der Waals surface area (Å²) in [5, 5.41) is 97.4. The number of hydrogen-bond donors (Lipinski definition) is 9. The standard InChI is InChI=1S/C46H74O16/c1-22-30(50)35(61-37-33(53)31(51)25(48)19-57-37)34(54)38(59-22)62-36-32(52)26(49)20-58-39(36)60-29-11-12-42(4)27(43(29,5)21-47)10-13-45(7)28(42)9-8-23-24-18-41(2,3)14-16-46(24,40(55)56)17-15-44(23,45)6/h8,22,24-39,47-54H,9-21H2,1-7H3,(H,55,56)/t22-,24-,25+,26-,27?,28?,29-,30-,31-,32-,33+,34+,35+,36+,37-,38-,39-,42-,43-,44+,45+,46-/m0/s1. The SMILES string of the molecule is C[C@@H]1O[C@@H](O[C@H]2[C@H](O[C@H]3CC[C@@]4(C)C(CC[C@]5(C)C4CC=C4[C@@H]6CC(C)(C)CC[C@]6(C(=O)O)CC[C@]45C)[C@]3(C)CO)OC[C@H](O)[C@@H]2O)[C@H](O)[C@H](O[C@@H]2OC[C@@H](O)[C@H](O)[C@H]2O)[C@H]1O. The molecule has 5 aliphatic carbocycles. The minimum atomic E-state index is -1.73. The quantitative estimate of drug-likeness (QED) is 0.125. The molecule has 4 saturated carbocycles. The smallest absolute Gasteiger partial charge is 0.310 e. The highest BCUT2D eigenvalue weighted by molar-refractivity contribution is 5.76. The summed E-state index contributed by atoms with van der Waals surface area (Å²) in [6.07, 6.45) is -9.19. The number of hydrogen-bond acceptors (Lipinski definition) is 15. The Kier molecular flexibility index (Phi) is 12.5. The first-order valence-corrected chi connectivity index (χ1v) is 23.1. The lowest BCUT2D eigenvalue weighted by Crippen LogP contribution is -2.67. The van der Waals surface area contributed by atoms with E-state index in [2.05, 4.69) is 47.6 Å². The highest BCUT2D eigenvalue weighted by Gasteiger charge is 2.70. The molecule has 8 aliphatic rings. The molecule has 0 aromatic carbocycles. The van der Waals surface area contributed by atoms with Crippen molar-refractivity contribution in [1.82, 2.24) is 0 Å². The number of carbonyl (C=O) groups is 1. The van der Waals surface area contributed by atoms with Crippen molar-refractivity contribution < 1.29 is 79.2 Å². The van der Waals surface area contributed by atoms with Crippen molar-refractivity contribution in [3.63, 3.8) is 0 Å². The van der Waals surface area contributed by atoms with E-state index in [9.17, 15) is 50.8 Å². The molecule has 62 heavy (non-hydrogen) atoms. The Hall–Kier alpha value is -1.35. The number of aliphatic carboxylic acids is 1. The zero-order chi connectivity index (χ0) is 45.1. The Morgan fingerprint density at radius 2 is 1.35 bits per heavy atom. The Morgan fingerprint density at radius 1 is 0.710 bits per heavy atom. The molecule has 354 valence electrons. The lowest BCUT2D eigenvalue weighted by molar-refractivity contribution is -0.379. The van der Waals surface area contributed by atoms with Crippen LogP contribution in [0.4, 0.5) is 0 Å². The number of carboxylic acid groups (broad SMARTS) is 1. The molecule has 0 aromatic heterocycles. The van der Waals surface area contributed by atoms with E-state index in [4.69, 9.17) is 28.4 Å². The molecule has 2 unspecified atom stereocenters. The van der Waals surface area contributed by atoms with Crippen LogP contribution in [0.15, 0.2) is 11.6 Å². The molecule has 3 heterocycles. The maximum Gasteiger partial charge on any atom is 0.310 e. The summed E-state index contributed by atoms with van der Waals surface area (Å²) in [6, 6.07) is 0. The van der Waals surface area contributed by atoms with Crippen molar-refractivity contribution in [3.05, 3.63) is 11.6 Å². The van der Waals surface area contributed by atoms with Gasteiger partial charge >= 0.3 is 5.97 Å². The van der Waals surface area contributed by atoms with Crippen molar-refractivity contribution in [2.75, 3.05) is 19.8 Å². The molecule has 8 rings (SSSR count). The van der Waals surface area contributed by atoms with Crippen LogP contribution >= 0.6 is 0 Å². The normalized spacial score (nSPS) is 55.1. The molecule has 16 nitrogen and oxygen atoms in total. The Bertz CT molecular complexity index is 1690. The molecule has 0 spiro atoms. The van der Waals surface area contributed by atoms with Gasteiger partial charge in [0.25, 0.3) is 0 Å². The van der Waals surface area contributed by atoms with E-state index in [1.54, 1.807) is 0 Å². The number of allylic oxidation sites excluding steroid dienone is 2.